The fraction of sp³-hybridized carbons (Fsp3) is 0.100. The molecular formula is C30H21Cl2NO6S. The smallest absolute Gasteiger partial charge is 0.341 e. The van der Waals surface area contributed by atoms with Crippen LogP contribution in [0.4, 0.5) is 5.00 Å². The molecule has 0 bridgehead atoms. The van der Waals surface area contributed by atoms with Gasteiger partial charge in [0.05, 0.1) is 17.6 Å². The zero-order valence-corrected chi connectivity index (χ0v) is 23.4. The Hall–Kier alpha value is -4.11. The SMILES string of the molecule is CCOC(=O)c1c(-c2ccc(Cl)cc2)csc1NC(=O)COc1ccc2c(=O)c(-c3ccc(Cl)cc3)coc2c1. The zero-order chi connectivity index (χ0) is 28.2. The predicted molar refractivity (Wildman–Crippen MR) is 158 cm³/mol. The standard InChI is InChI=1S/C30H21Cl2NO6S/c1-2-37-30(36)27-24(18-5-9-20(32)10-6-18)16-40-29(27)33-26(34)15-38-21-11-12-22-25(13-21)39-14-23(28(22)35)17-3-7-19(31)8-4-17/h3-14,16H,2,15H2,1H3,(H,33,34). The number of benzene rings is 3. The molecule has 0 aliphatic heterocycles. The molecule has 0 aliphatic rings. The van der Waals surface area contributed by atoms with E-state index >= 15 is 0 Å². The monoisotopic (exact) mass is 593 g/mol. The number of halogens is 2. The molecular weight excluding hydrogens is 573 g/mol. The van der Waals surface area contributed by atoms with Crippen molar-refractivity contribution in [1.82, 2.24) is 0 Å². The van der Waals surface area contributed by atoms with Gasteiger partial charge in [-0.05, 0) is 54.4 Å². The van der Waals surface area contributed by atoms with Gasteiger partial charge in [0.2, 0.25) is 0 Å². The lowest BCUT2D eigenvalue weighted by molar-refractivity contribution is -0.118. The van der Waals surface area contributed by atoms with Crippen molar-refractivity contribution in [2.24, 2.45) is 0 Å². The largest absolute Gasteiger partial charge is 0.484 e. The third kappa shape index (κ3) is 5.89. The number of hydrogen-bond acceptors (Lipinski definition) is 7. The van der Waals surface area contributed by atoms with Crippen molar-refractivity contribution in [3.05, 3.63) is 104 Å². The van der Waals surface area contributed by atoms with Gasteiger partial charge >= 0.3 is 5.97 Å². The van der Waals surface area contributed by atoms with Crippen molar-refractivity contribution >= 4 is 62.4 Å². The summed E-state index contributed by atoms with van der Waals surface area (Å²) in [7, 11) is 0. The summed E-state index contributed by atoms with van der Waals surface area (Å²) >= 11 is 13.2. The summed E-state index contributed by atoms with van der Waals surface area (Å²) in [6, 6.07) is 18.6. The van der Waals surface area contributed by atoms with E-state index in [0.29, 0.717) is 48.5 Å². The maximum atomic E-state index is 13.0. The summed E-state index contributed by atoms with van der Waals surface area (Å²) in [4.78, 5) is 38.5. The summed E-state index contributed by atoms with van der Waals surface area (Å²) in [6.07, 6.45) is 1.39. The summed E-state index contributed by atoms with van der Waals surface area (Å²) in [5.41, 5.74) is 2.85. The third-order valence-corrected chi connectivity index (χ3v) is 7.35. The summed E-state index contributed by atoms with van der Waals surface area (Å²) in [6.45, 7) is 1.56. The van der Waals surface area contributed by atoms with E-state index in [1.807, 2.05) is 0 Å². The lowest BCUT2D eigenvalue weighted by Crippen LogP contribution is -2.21. The number of ether oxygens (including phenoxy) is 2. The van der Waals surface area contributed by atoms with Crippen molar-refractivity contribution in [1.29, 1.82) is 0 Å². The zero-order valence-electron chi connectivity index (χ0n) is 21.0. The highest BCUT2D eigenvalue weighted by atomic mass is 35.5. The molecule has 0 aliphatic carbocycles. The van der Waals surface area contributed by atoms with Crippen LogP contribution in [0.2, 0.25) is 10.0 Å². The molecule has 2 heterocycles. The van der Waals surface area contributed by atoms with Crippen LogP contribution >= 0.6 is 34.5 Å². The van der Waals surface area contributed by atoms with Crippen LogP contribution < -0.4 is 15.5 Å². The number of esters is 1. The lowest BCUT2D eigenvalue weighted by atomic mass is 10.0. The Kier molecular flexibility index (Phi) is 8.21. The van der Waals surface area contributed by atoms with Gasteiger partial charge in [0, 0.05) is 27.1 Å². The normalized spacial score (nSPS) is 10.9. The number of rotatable bonds is 8. The molecule has 10 heteroatoms. The van der Waals surface area contributed by atoms with Gasteiger partial charge in [-0.3, -0.25) is 9.59 Å². The Bertz CT molecular complexity index is 1760. The highest BCUT2D eigenvalue weighted by Crippen LogP contribution is 2.36. The molecule has 202 valence electrons. The first-order chi connectivity index (χ1) is 19.3. The summed E-state index contributed by atoms with van der Waals surface area (Å²) in [5, 5.41) is 6.37. The van der Waals surface area contributed by atoms with Crippen LogP contribution in [-0.4, -0.2) is 25.1 Å². The number of carbonyl (C=O) groups is 2. The highest BCUT2D eigenvalue weighted by molar-refractivity contribution is 7.15. The quantitative estimate of drug-likeness (QED) is 0.185. The van der Waals surface area contributed by atoms with Crippen LogP contribution in [0.15, 0.2) is 87.6 Å². The number of hydrogen-bond donors (Lipinski definition) is 1. The van der Waals surface area contributed by atoms with Crippen LogP contribution in [0.25, 0.3) is 33.2 Å². The Balaban J connectivity index is 1.31. The minimum Gasteiger partial charge on any atom is -0.484 e. The summed E-state index contributed by atoms with van der Waals surface area (Å²) < 4.78 is 16.6. The highest BCUT2D eigenvalue weighted by Gasteiger charge is 2.23. The molecule has 7 nitrogen and oxygen atoms in total. The average Bonchev–Trinajstić information content (AvgIpc) is 3.36. The van der Waals surface area contributed by atoms with E-state index < -0.39 is 11.9 Å². The number of anilines is 1. The second-order valence-electron chi connectivity index (χ2n) is 8.56. The molecule has 3 aromatic carbocycles. The Morgan fingerprint density at radius 3 is 2.23 bits per heavy atom. The molecule has 2 aromatic heterocycles. The van der Waals surface area contributed by atoms with E-state index in [1.165, 1.54) is 17.6 Å². The van der Waals surface area contributed by atoms with Crippen LogP contribution in [0.5, 0.6) is 5.75 Å². The van der Waals surface area contributed by atoms with Crippen molar-refractivity contribution in [3.8, 4) is 28.0 Å². The van der Waals surface area contributed by atoms with Crippen molar-refractivity contribution in [2.45, 2.75) is 6.92 Å². The van der Waals surface area contributed by atoms with E-state index in [2.05, 4.69) is 5.32 Å². The molecule has 1 amide bonds. The van der Waals surface area contributed by atoms with Crippen LogP contribution in [0.3, 0.4) is 0 Å². The fourth-order valence-electron chi connectivity index (χ4n) is 4.04. The minimum absolute atomic E-state index is 0.185. The van der Waals surface area contributed by atoms with E-state index in [-0.39, 0.29) is 24.2 Å². The molecule has 0 saturated heterocycles. The van der Waals surface area contributed by atoms with E-state index in [9.17, 15) is 14.4 Å². The second kappa shape index (κ2) is 12.0. The number of nitrogens with one attached hydrogen (secondary N) is 1. The first kappa shape index (κ1) is 27.5. The van der Waals surface area contributed by atoms with Gasteiger partial charge in [0.15, 0.2) is 12.0 Å². The van der Waals surface area contributed by atoms with Gasteiger partial charge in [-0.15, -0.1) is 11.3 Å². The van der Waals surface area contributed by atoms with E-state index in [0.717, 1.165) is 5.56 Å². The molecule has 40 heavy (non-hydrogen) atoms. The van der Waals surface area contributed by atoms with Gasteiger partial charge in [-0.2, -0.15) is 0 Å². The van der Waals surface area contributed by atoms with Gasteiger partial charge in [0.25, 0.3) is 5.91 Å². The number of thiophene rings is 1. The molecule has 0 spiro atoms. The van der Waals surface area contributed by atoms with Crippen LogP contribution in [-0.2, 0) is 9.53 Å². The topological polar surface area (TPSA) is 94.8 Å². The van der Waals surface area contributed by atoms with Crippen LogP contribution in [0, 0.1) is 0 Å². The van der Waals surface area contributed by atoms with Crippen molar-refractivity contribution < 1.29 is 23.5 Å². The maximum absolute atomic E-state index is 13.0. The van der Waals surface area contributed by atoms with Crippen molar-refractivity contribution in [2.75, 3.05) is 18.5 Å². The molecule has 0 saturated carbocycles. The van der Waals surface area contributed by atoms with Gasteiger partial charge < -0.3 is 19.2 Å². The Morgan fingerprint density at radius 2 is 1.57 bits per heavy atom. The number of carbonyl (C=O) groups excluding carboxylic acids is 2. The molecule has 0 radical (unpaired) electrons. The number of amides is 1. The summed E-state index contributed by atoms with van der Waals surface area (Å²) in [5.74, 6) is -0.689. The average molecular weight is 594 g/mol. The Labute approximate surface area is 242 Å². The number of fused-ring (bicyclic) bond motifs is 1. The van der Waals surface area contributed by atoms with Crippen molar-refractivity contribution in [3.63, 3.8) is 0 Å². The molecule has 1 N–H and O–H groups in total. The molecule has 0 unspecified atom stereocenters. The van der Waals surface area contributed by atoms with Gasteiger partial charge in [-0.1, -0.05) is 47.5 Å². The second-order valence-corrected chi connectivity index (χ2v) is 10.3. The Morgan fingerprint density at radius 1 is 0.925 bits per heavy atom. The first-order valence-electron chi connectivity index (χ1n) is 12.1. The minimum atomic E-state index is -0.549. The third-order valence-electron chi connectivity index (χ3n) is 5.95. The molecule has 0 atom stereocenters. The molecule has 5 rings (SSSR count). The molecule has 5 aromatic rings. The van der Waals surface area contributed by atoms with E-state index in [1.54, 1.807) is 79.0 Å². The van der Waals surface area contributed by atoms with Gasteiger partial charge in [-0.25, -0.2) is 4.79 Å². The van der Waals surface area contributed by atoms with E-state index in [4.69, 9.17) is 37.1 Å². The maximum Gasteiger partial charge on any atom is 0.341 e. The lowest BCUT2D eigenvalue weighted by Gasteiger charge is -2.10. The first-order valence-corrected chi connectivity index (χ1v) is 13.8. The fourth-order valence-corrected chi connectivity index (χ4v) is 5.26. The van der Waals surface area contributed by atoms with Gasteiger partial charge in [0.1, 0.15) is 28.2 Å². The molecule has 0 fully saturated rings. The predicted octanol–water partition coefficient (Wildman–Crippen LogP) is 7.69. The van der Waals surface area contributed by atoms with Crippen LogP contribution in [0.1, 0.15) is 17.3 Å².